The number of anilines is 2. The quantitative estimate of drug-likeness (QED) is 0.411. The lowest BCUT2D eigenvalue weighted by molar-refractivity contribution is -0.118. The van der Waals surface area contributed by atoms with Gasteiger partial charge < -0.3 is 16.0 Å². The van der Waals surface area contributed by atoms with Gasteiger partial charge in [0.15, 0.2) is 0 Å². The lowest BCUT2D eigenvalue weighted by atomic mass is 10.2. The summed E-state index contributed by atoms with van der Waals surface area (Å²) in [7, 11) is -2.22. The van der Waals surface area contributed by atoms with Crippen LogP contribution in [-0.2, 0) is 14.8 Å². The molecule has 0 aliphatic rings. The highest BCUT2D eigenvalue weighted by atomic mass is 32.2. The van der Waals surface area contributed by atoms with Crippen LogP contribution in [0.25, 0.3) is 0 Å². The third-order valence-electron chi connectivity index (χ3n) is 4.10. The minimum atomic E-state index is -3.63. The summed E-state index contributed by atoms with van der Waals surface area (Å²) in [6.07, 6.45) is 1.97. The Balaban J connectivity index is 3.09. The molecule has 9 nitrogen and oxygen atoms in total. The number of unbranched alkanes of at least 4 members (excludes halogenated alkanes) is 1. The molecule has 3 amide bonds. The normalized spacial score (nSPS) is 11.2. The monoisotopic (exact) mass is 413 g/mol. The molecule has 1 aromatic rings. The Morgan fingerprint density at radius 2 is 1.71 bits per heavy atom. The third kappa shape index (κ3) is 6.68. The summed E-state index contributed by atoms with van der Waals surface area (Å²) in [5.74, 6) is -0.532. The standard InChI is InChI=1S/C18H31N5O4S/c1-5-8-11-20-15-10-9-14(28(26,27)23(6-2)7-3)12-16(15)21-13-17(24)22-18(25)19-4/h9-10,12,20-21H,5-8,11,13H2,1-4H3,(H2,19,22,24,25). The van der Waals surface area contributed by atoms with Gasteiger partial charge in [0, 0.05) is 26.7 Å². The van der Waals surface area contributed by atoms with Crippen LogP contribution >= 0.6 is 0 Å². The van der Waals surface area contributed by atoms with Gasteiger partial charge in [-0.2, -0.15) is 4.31 Å². The van der Waals surface area contributed by atoms with Gasteiger partial charge in [0.2, 0.25) is 15.9 Å². The molecular formula is C18H31N5O4S. The van der Waals surface area contributed by atoms with Gasteiger partial charge in [0.05, 0.1) is 22.8 Å². The maximum atomic E-state index is 12.8. The van der Waals surface area contributed by atoms with E-state index in [4.69, 9.17) is 0 Å². The number of carbonyl (C=O) groups excluding carboxylic acids is 2. The number of amides is 3. The minimum absolute atomic E-state index is 0.145. The van der Waals surface area contributed by atoms with Crippen molar-refractivity contribution in [1.29, 1.82) is 0 Å². The fourth-order valence-corrected chi connectivity index (χ4v) is 3.99. The summed E-state index contributed by atoms with van der Waals surface area (Å²) in [4.78, 5) is 23.2. The van der Waals surface area contributed by atoms with Crippen molar-refractivity contribution in [2.24, 2.45) is 0 Å². The van der Waals surface area contributed by atoms with Crippen molar-refractivity contribution in [3.8, 4) is 0 Å². The zero-order chi connectivity index (χ0) is 21.2. The van der Waals surface area contributed by atoms with Crippen molar-refractivity contribution in [3.05, 3.63) is 18.2 Å². The number of hydrogen-bond donors (Lipinski definition) is 4. The zero-order valence-electron chi connectivity index (χ0n) is 17.0. The van der Waals surface area contributed by atoms with Crippen LogP contribution in [0.2, 0.25) is 0 Å². The first-order valence-electron chi connectivity index (χ1n) is 9.43. The molecule has 158 valence electrons. The van der Waals surface area contributed by atoms with Crippen LogP contribution in [0.5, 0.6) is 0 Å². The molecule has 0 unspecified atom stereocenters. The van der Waals surface area contributed by atoms with E-state index in [1.807, 2.05) is 0 Å². The van der Waals surface area contributed by atoms with Crippen molar-refractivity contribution >= 4 is 33.3 Å². The molecule has 0 saturated heterocycles. The molecule has 0 heterocycles. The molecule has 0 fully saturated rings. The lowest BCUT2D eigenvalue weighted by Crippen LogP contribution is -2.40. The van der Waals surface area contributed by atoms with Gasteiger partial charge in [0.1, 0.15) is 0 Å². The number of nitrogens with zero attached hydrogens (tertiary/aromatic N) is 1. The molecule has 4 N–H and O–H groups in total. The Morgan fingerprint density at radius 1 is 1.04 bits per heavy atom. The Morgan fingerprint density at radius 3 is 2.29 bits per heavy atom. The minimum Gasteiger partial charge on any atom is -0.383 e. The predicted molar refractivity (Wildman–Crippen MR) is 111 cm³/mol. The second-order valence-corrected chi connectivity index (χ2v) is 8.00. The molecule has 0 bridgehead atoms. The number of rotatable bonds is 11. The highest BCUT2D eigenvalue weighted by Gasteiger charge is 2.22. The summed E-state index contributed by atoms with van der Waals surface area (Å²) in [5, 5.41) is 10.6. The zero-order valence-corrected chi connectivity index (χ0v) is 17.8. The smallest absolute Gasteiger partial charge is 0.321 e. The van der Waals surface area contributed by atoms with Gasteiger partial charge in [-0.15, -0.1) is 0 Å². The van der Waals surface area contributed by atoms with Gasteiger partial charge >= 0.3 is 6.03 Å². The number of hydrogen-bond acceptors (Lipinski definition) is 6. The van der Waals surface area contributed by atoms with E-state index in [2.05, 4.69) is 28.2 Å². The topological polar surface area (TPSA) is 120 Å². The Bertz CT molecular complexity index is 763. The fourth-order valence-electron chi connectivity index (χ4n) is 2.51. The average molecular weight is 414 g/mol. The molecule has 10 heteroatoms. The number of nitrogens with one attached hydrogen (secondary N) is 4. The molecule has 0 aliphatic heterocycles. The van der Waals surface area contributed by atoms with Crippen molar-refractivity contribution in [2.75, 3.05) is 43.9 Å². The summed E-state index contributed by atoms with van der Waals surface area (Å²) in [6.45, 7) is 6.92. The van der Waals surface area contributed by atoms with Gasteiger partial charge in [0.25, 0.3) is 0 Å². The predicted octanol–water partition coefficient (Wildman–Crippen LogP) is 1.80. The summed E-state index contributed by atoms with van der Waals surface area (Å²) in [6, 6.07) is 4.14. The summed E-state index contributed by atoms with van der Waals surface area (Å²) < 4.78 is 26.9. The first-order valence-corrected chi connectivity index (χ1v) is 10.9. The average Bonchev–Trinajstić information content (AvgIpc) is 2.67. The van der Waals surface area contributed by atoms with E-state index in [1.54, 1.807) is 26.0 Å². The molecule has 0 atom stereocenters. The molecule has 0 aliphatic carbocycles. The Labute approximate surface area is 167 Å². The molecule has 0 aromatic heterocycles. The summed E-state index contributed by atoms with van der Waals surface area (Å²) >= 11 is 0. The number of imide groups is 1. The third-order valence-corrected chi connectivity index (χ3v) is 6.15. The highest BCUT2D eigenvalue weighted by Crippen LogP contribution is 2.27. The van der Waals surface area contributed by atoms with Crippen LogP contribution in [0.15, 0.2) is 23.1 Å². The number of benzene rings is 1. The van der Waals surface area contributed by atoms with Crippen molar-refractivity contribution in [3.63, 3.8) is 0 Å². The lowest BCUT2D eigenvalue weighted by Gasteiger charge is -2.20. The van der Waals surface area contributed by atoms with Crippen molar-refractivity contribution in [2.45, 2.75) is 38.5 Å². The van der Waals surface area contributed by atoms with Crippen LogP contribution in [0, 0.1) is 0 Å². The summed E-state index contributed by atoms with van der Waals surface area (Å²) in [5.41, 5.74) is 1.18. The van der Waals surface area contributed by atoms with Gasteiger partial charge in [-0.1, -0.05) is 27.2 Å². The Hall–Kier alpha value is -2.33. The van der Waals surface area contributed by atoms with Crippen molar-refractivity contribution in [1.82, 2.24) is 14.9 Å². The highest BCUT2D eigenvalue weighted by molar-refractivity contribution is 7.89. The molecule has 0 saturated carbocycles. The number of carbonyl (C=O) groups is 2. The molecule has 0 spiro atoms. The molecule has 1 rings (SSSR count). The van der Waals surface area contributed by atoms with Crippen LogP contribution < -0.4 is 21.3 Å². The van der Waals surface area contributed by atoms with E-state index in [1.165, 1.54) is 17.4 Å². The largest absolute Gasteiger partial charge is 0.383 e. The molecular weight excluding hydrogens is 382 g/mol. The van der Waals surface area contributed by atoms with E-state index in [-0.39, 0.29) is 11.4 Å². The van der Waals surface area contributed by atoms with Gasteiger partial charge in [-0.05, 0) is 24.6 Å². The second-order valence-electron chi connectivity index (χ2n) is 6.06. The molecule has 1 aromatic carbocycles. The second kappa shape index (κ2) is 11.5. The van der Waals surface area contributed by atoms with Crippen LogP contribution in [-0.4, -0.2) is 57.9 Å². The van der Waals surface area contributed by atoms with Gasteiger partial charge in [-0.3, -0.25) is 10.1 Å². The van der Waals surface area contributed by atoms with Crippen molar-refractivity contribution < 1.29 is 18.0 Å². The van der Waals surface area contributed by atoms with E-state index in [9.17, 15) is 18.0 Å². The van der Waals surface area contributed by atoms with E-state index in [0.29, 0.717) is 24.5 Å². The fraction of sp³-hybridized carbons (Fsp3) is 0.556. The number of urea groups is 1. The first kappa shape index (κ1) is 23.7. The van der Waals surface area contributed by atoms with E-state index < -0.39 is 22.0 Å². The van der Waals surface area contributed by atoms with E-state index >= 15 is 0 Å². The van der Waals surface area contributed by atoms with Crippen LogP contribution in [0.4, 0.5) is 16.2 Å². The maximum absolute atomic E-state index is 12.8. The van der Waals surface area contributed by atoms with Gasteiger partial charge in [-0.25, -0.2) is 13.2 Å². The van der Waals surface area contributed by atoms with E-state index in [0.717, 1.165) is 19.4 Å². The first-order chi connectivity index (χ1) is 13.3. The molecule has 28 heavy (non-hydrogen) atoms. The van der Waals surface area contributed by atoms with Crippen LogP contribution in [0.1, 0.15) is 33.6 Å². The molecule has 0 radical (unpaired) electrons. The number of sulfonamides is 1. The maximum Gasteiger partial charge on any atom is 0.321 e. The van der Waals surface area contributed by atoms with Crippen LogP contribution in [0.3, 0.4) is 0 Å². The SMILES string of the molecule is CCCCNc1ccc(S(=O)(=O)N(CC)CC)cc1NCC(=O)NC(=O)NC. The Kier molecular flexibility index (Phi) is 9.74.